The van der Waals surface area contributed by atoms with Crippen LogP contribution in [-0.4, -0.2) is 27.6 Å². The van der Waals surface area contributed by atoms with Crippen molar-refractivity contribution in [2.24, 2.45) is 0 Å². The van der Waals surface area contributed by atoms with E-state index in [-0.39, 0.29) is 18.6 Å². The molecule has 0 aliphatic carbocycles. The monoisotopic (exact) mass is 281 g/mol. The standard InChI is InChI=1S/C16H15N3O2/c1-12(14-4-6-17-7-5-14)19-16(21)15-9-13(3-2-8-20)10-18-11-15/h4-7,9-12,20H,8H2,1H3,(H,19,21). The molecule has 0 radical (unpaired) electrons. The van der Waals surface area contributed by atoms with Gasteiger partial charge in [0.1, 0.15) is 6.61 Å². The fourth-order valence-corrected chi connectivity index (χ4v) is 1.79. The Morgan fingerprint density at radius 3 is 2.81 bits per heavy atom. The Hall–Kier alpha value is -2.71. The Labute approximate surface area is 123 Å². The molecule has 2 aromatic rings. The van der Waals surface area contributed by atoms with Gasteiger partial charge in [0.25, 0.3) is 5.91 Å². The molecule has 2 rings (SSSR count). The van der Waals surface area contributed by atoms with E-state index in [0.717, 1.165) is 5.56 Å². The van der Waals surface area contributed by atoms with Gasteiger partial charge in [-0.25, -0.2) is 0 Å². The van der Waals surface area contributed by atoms with Crippen molar-refractivity contribution in [3.05, 3.63) is 59.7 Å². The zero-order valence-electron chi connectivity index (χ0n) is 11.6. The van der Waals surface area contributed by atoms with Crippen LogP contribution in [0.1, 0.15) is 34.5 Å². The molecule has 2 aromatic heterocycles. The highest BCUT2D eigenvalue weighted by Crippen LogP contribution is 2.11. The van der Waals surface area contributed by atoms with Crippen LogP contribution in [0.5, 0.6) is 0 Å². The molecule has 0 bridgehead atoms. The van der Waals surface area contributed by atoms with Crippen molar-refractivity contribution in [2.45, 2.75) is 13.0 Å². The summed E-state index contributed by atoms with van der Waals surface area (Å²) in [7, 11) is 0. The summed E-state index contributed by atoms with van der Waals surface area (Å²) < 4.78 is 0. The molecule has 0 spiro atoms. The normalized spacial score (nSPS) is 11.1. The quantitative estimate of drug-likeness (QED) is 0.832. The van der Waals surface area contributed by atoms with Gasteiger partial charge < -0.3 is 10.4 Å². The number of amides is 1. The van der Waals surface area contributed by atoms with E-state index >= 15 is 0 Å². The lowest BCUT2D eigenvalue weighted by Crippen LogP contribution is -2.26. The summed E-state index contributed by atoms with van der Waals surface area (Å²) in [6.07, 6.45) is 6.40. The predicted molar refractivity (Wildman–Crippen MR) is 78.3 cm³/mol. The van der Waals surface area contributed by atoms with Gasteiger partial charge in [-0.1, -0.05) is 11.8 Å². The van der Waals surface area contributed by atoms with Crippen molar-refractivity contribution in [3.8, 4) is 11.8 Å². The molecule has 0 aliphatic rings. The molecule has 0 fully saturated rings. The van der Waals surface area contributed by atoms with E-state index in [0.29, 0.717) is 11.1 Å². The second-order valence-electron chi connectivity index (χ2n) is 4.40. The number of carbonyl (C=O) groups excluding carboxylic acids is 1. The van der Waals surface area contributed by atoms with E-state index in [1.807, 2.05) is 19.1 Å². The molecule has 5 heteroatoms. The lowest BCUT2D eigenvalue weighted by Gasteiger charge is -2.14. The van der Waals surface area contributed by atoms with Gasteiger partial charge in [-0.15, -0.1) is 0 Å². The second kappa shape index (κ2) is 7.17. The Bertz CT molecular complexity index is 675. The molecule has 1 unspecified atom stereocenters. The highest BCUT2D eigenvalue weighted by molar-refractivity contribution is 5.94. The van der Waals surface area contributed by atoms with Crippen LogP contribution in [0.4, 0.5) is 0 Å². The van der Waals surface area contributed by atoms with Crippen molar-refractivity contribution in [1.29, 1.82) is 0 Å². The van der Waals surface area contributed by atoms with Crippen LogP contribution in [0, 0.1) is 11.8 Å². The van der Waals surface area contributed by atoms with Crippen molar-refractivity contribution in [1.82, 2.24) is 15.3 Å². The van der Waals surface area contributed by atoms with E-state index in [1.165, 1.54) is 6.20 Å². The summed E-state index contributed by atoms with van der Waals surface area (Å²) in [4.78, 5) is 20.1. The number of hydrogen-bond donors (Lipinski definition) is 2. The SMILES string of the molecule is CC(NC(=O)c1cncc(C#CCO)c1)c1ccncc1. The van der Waals surface area contributed by atoms with E-state index in [9.17, 15) is 4.79 Å². The van der Waals surface area contributed by atoms with Gasteiger partial charge in [-0.2, -0.15) is 0 Å². The van der Waals surface area contributed by atoms with Crippen LogP contribution < -0.4 is 5.32 Å². The average molecular weight is 281 g/mol. The molecule has 0 aromatic carbocycles. The minimum absolute atomic E-state index is 0.132. The summed E-state index contributed by atoms with van der Waals surface area (Å²) >= 11 is 0. The fourth-order valence-electron chi connectivity index (χ4n) is 1.79. The molecule has 106 valence electrons. The van der Waals surface area contributed by atoms with E-state index in [4.69, 9.17) is 5.11 Å². The highest BCUT2D eigenvalue weighted by Gasteiger charge is 2.11. The molecule has 2 N–H and O–H groups in total. The van der Waals surface area contributed by atoms with E-state index in [1.54, 1.807) is 24.7 Å². The Balaban J connectivity index is 2.10. The molecule has 1 atom stereocenters. The number of nitrogens with zero attached hydrogens (tertiary/aromatic N) is 2. The number of aliphatic hydroxyl groups is 1. The fraction of sp³-hybridized carbons (Fsp3) is 0.188. The van der Waals surface area contributed by atoms with Crippen molar-refractivity contribution in [2.75, 3.05) is 6.61 Å². The first-order valence-electron chi connectivity index (χ1n) is 6.46. The Morgan fingerprint density at radius 1 is 1.33 bits per heavy atom. The minimum Gasteiger partial charge on any atom is -0.384 e. The molecule has 5 nitrogen and oxygen atoms in total. The molecule has 1 amide bonds. The van der Waals surface area contributed by atoms with Gasteiger partial charge >= 0.3 is 0 Å². The maximum absolute atomic E-state index is 12.2. The summed E-state index contributed by atoms with van der Waals surface area (Å²) in [5.74, 6) is 5.03. The Morgan fingerprint density at radius 2 is 2.10 bits per heavy atom. The topological polar surface area (TPSA) is 75.1 Å². The summed E-state index contributed by atoms with van der Waals surface area (Å²) in [5, 5.41) is 11.6. The summed E-state index contributed by atoms with van der Waals surface area (Å²) in [5.41, 5.74) is 2.00. The average Bonchev–Trinajstić information content (AvgIpc) is 2.54. The molecule has 0 aliphatic heterocycles. The number of pyridine rings is 2. The minimum atomic E-state index is -0.227. The number of aromatic nitrogens is 2. The zero-order chi connectivity index (χ0) is 15.1. The van der Waals surface area contributed by atoms with Gasteiger partial charge in [-0.3, -0.25) is 14.8 Å². The number of rotatable bonds is 3. The van der Waals surface area contributed by atoms with Crippen LogP contribution in [-0.2, 0) is 0 Å². The lowest BCUT2D eigenvalue weighted by atomic mass is 10.1. The first-order chi connectivity index (χ1) is 10.2. The van der Waals surface area contributed by atoms with Crippen LogP contribution in [0.25, 0.3) is 0 Å². The van der Waals surface area contributed by atoms with Crippen molar-refractivity contribution < 1.29 is 9.90 Å². The molecular weight excluding hydrogens is 266 g/mol. The third-order valence-electron chi connectivity index (χ3n) is 2.87. The van der Waals surface area contributed by atoms with Crippen molar-refractivity contribution >= 4 is 5.91 Å². The van der Waals surface area contributed by atoms with Gasteiger partial charge in [-0.05, 0) is 30.7 Å². The van der Waals surface area contributed by atoms with Gasteiger partial charge in [0.15, 0.2) is 0 Å². The number of aliphatic hydroxyl groups excluding tert-OH is 1. The number of carbonyl (C=O) groups is 1. The molecule has 21 heavy (non-hydrogen) atoms. The van der Waals surface area contributed by atoms with Crippen LogP contribution >= 0.6 is 0 Å². The lowest BCUT2D eigenvalue weighted by molar-refractivity contribution is 0.0939. The van der Waals surface area contributed by atoms with Crippen LogP contribution in [0.15, 0.2) is 43.0 Å². The Kier molecular flexibility index (Phi) is 5.02. The number of nitrogens with one attached hydrogen (secondary N) is 1. The number of hydrogen-bond acceptors (Lipinski definition) is 4. The van der Waals surface area contributed by atoms with Gasteiger partial charge in [0, 0.05) is 30.4 Å². The van der Waals surface area contributed by atoms with E-state index in [2.05, 4.69) is 27.1 Å². The first-order valence-corrected chi connectivity index (χ1v) is 6.46. The maximum atomic E-state index is 12.2. The molecular formula is C16H15N3O2. The predicted octanol–water partition coefficient (Wildman–Crippen LogP) is 1.31. The summed E-state index contributed by atoms with van der Waals surface area (Å²) in [6, 6.07) is 5.22. The van der Waals surface area contributed by atoms with Crippen LogP contribution in [0.3, 0.4) is 0 Å². The largest absolute Gasteiger partial charge is 0.384 e. The van der Waals surface area contributed by atoms with Crippen LogP contribution in [0.2, 0.25) is 0 Å². The first kappa shape index (κ1) is 14.7. The summed E-state index contributed by atoms with van der Waals surface area (Å²) in [6.45, 7) is 1.67. The highest BCUT2D eigenvalue weighted by atomic mass is 16.2. The molecule has 0 saturated carbocycles. The molecule has 0 saturated heterocycles. The second-order valence-corrected chi connectivity index (χ2v) is 4.40. The van der Waals surface area contributed by atoms with E-state index < -0.39 is 0 Å². The molecule has 2 heterocycles. The smallest absolute Gasteiger partial charge is 0.253 e. The third-order valence-corrected chi connectivity index (χ3v) is 2.87. The zero-order valence-corrected chi connectivity index (χ0v) is 11.6. The van der Waals surface area contributed by atoms with Crippen molar-refractivity contribution in [3.63, 3.8) is 0 Å². The maximum Gasteiger partial charge on any atom is 0.253 e. The third kappa shape index (κ3) is 4.13. The van der Waals surface area contributed by atoms with Gasteiger partial charge in [0.2, 0.25) is 0 Å². The van der Waals surface area contributed by atoms with Gasteiger partial charge in [0.05, 0.1) is 11.6 Å².